The molecule has 1 rings (SSSR count). The van der Waals surface area contributed by atoms with Crippen LogP contribution in [0, 0.1) is 0 Å². The van der Waals surface area contributed by atoms with E-state index in [1.165, 1.54) is 0 Å². The summed E-state index contributed by atoms with van der Waals surface area (Å²) in [5, 5.41) is 0.639. The van der Waals surface area contributed by atoms with E-state index in [1.54, 1.807) is 33.1 Å². The number of carbonyl (C=O) groups excluding carboxylic acids is 2. The number of halogens is 1. The molecule has 0 aliphatic heterocycles. The van der Waals surface area contributed by atoms with Gasteiger partial charge in [0, 0.05) is 18.6 Å². The Morgan fingerprint density at radius 2 is 1.80 bits per heavy atom. The van der Waals surface area contributed by atoms with Crippen LogP contribution in [0.15, 0.2) is 24.3 Å². The minimum absolute atomic E-state index is 0.0900. The summed E-state index contributed by atoms with van der Waals surface area (Å²) in [4.78, 5) is 23.0. The van der Waals surface area contributed by atoms with Crippen molar-refractivity contribution in [1.82, 2.24) is 0 Å². The zero-order valence-corrected chi connectivity index (χ0v) is 12.6. The van der Waals surface area contributed by atoms with E-state index in [-0.39, 0.29) is 18.6 Å². The number of carbonyl (C=O) groups is 2. The van der Waals surface area contributed by atoms with Crippen molar-refractivity contribution in [1.29, 1.82) is 0 Å². The molecule has 0 saturated carbocycles. The first-order valence-electron chi connectivity index (χ1n) is 6.46. The summed E-state index contributed by atoms with van der Waals surface area (Å²) >= 11 is 5.82. The Balaban J connectivity index is 2.55. The van der Waals surface area contributed by atoms with Crippen LogP contribution in [0.3, 0.4) is 0 Å². The maximum absolute atomic E-state index is 11.6. The summed E-state index contributed by atoms with van der Waals surface area (Å²) in [6.07, 6.45) is -0.0272. The summed E-state index contributed by atoms with van der Waals surface area (Å²) < 4.78 is 10.2. The molecular weight excluding hydrogens is 280 g/mol. The second-order valence-electron chi connectivity index (χ2n) is 4.69. The van der Waals surface area contributed by atoms with E-state index in [0.29, 0.717) is 11.4 Å². The molecule has 4 nitrogen and oxygen atoms in total. The van der Waals surface area contributed by atoms with Crippen LogP contribution in [0.2, 0.25) is 5.02 Å². The molecule has 0 fully saturated rings. The highest BCUT2D eigenvalue weighted by Crippen LogP contribution is 2.23. The van der Waals surface area contributed by atoms with Gasteiger partial charge in [0.05, 0.1) is 12.2 Å². The lowest BCUT2D eigenvalue weighted by Gasteiger charge is -2.15. The van der Waals surface area contributed by atoms with Gasteiger partial charge in [-0.15, -0.1) is 0 Å². The van der Waals surface area contributed by atoms with Crippen molar-refractivity contribution in [3.63, 3.8) is 0 Å². The molecule has 0 aromatic heterocycles. The van der Waals surface area contributed by atoms with Crippen molar-refractivity contribution >= 4 is 23.4 Å². The molecule has 5 heteroatoms. The predicted octanol–water partition coefficient (Wildman–Crippen LogP) is 3.33. The quantitative estimate of drug-likeness (QED) is 0.572. The zero-order chi connectivity index (χ0) is 15.1. The first-order valence-corrected chi connectivity index (χ1v) is 6.84. The van der Waals surface area contributed by atoms with Gasteiger partial charge >= 0.3 is 5.97 Å². The minimum atomic E-state index is -0.786. The molecule has 0 N–H and O–H groups in total. The van der Waals surface area contributed by atoms with Crippen molar-refractivity contribution in [3.05, 3.63) is 34.9 Å². The predicted molar refractivity (Wildman–Crippen MR) is 76.7 cm³/mol. The minimum Gasteiger partial charge on any atom is -0.457 e. The molecule has 0 radical (unpaired) electrons. The van der Waals surface area contributed by atoms with E-state index in [4.69, 9.17) is 21.1 Å². The Bertz CT molecular complexity index is 453. The SMILES string of the molecule is COC(CCC(=O)C(=O)OC(C)C)c1ccc(Cl)cc1. The van der Waals surface area contributed by atoms with Gasteiger partial charge in [0.15, 0.2) is 0 Å². The molecule has 110 valence electrons. The van der Waals surface area contributed by atoms with Crippen molar-refractivity contribution in [2.75, 3.05) is 7.11 Å². The smallest absolute Gasteiger partial charge is 0.374 e. The molecule has 0 aliphatic rings. The van der Waals surface area contributed by atoms with Crippen LogP contribution >= 0.6 is 11.6 Å². The molecule has 0 saturated heterocycles. The number of benzene rings is 1. The highest BCUT2D eigenvalue weighted by atomic mass is 35.5. The number of hydrogen-bond acceptors (Lipinski definition) is 4. The van der Waals surface area contributed by atoms with Gasteiger partial charge in [-0.25, -0.2) is 4.79 Å². The lowest BCUT2D eigenvalue weighted by Crippen LogP contribution is -2.21. The average Bonchev–Trinajstić information content (AvgIpc) is 2.40. The Labute approximate surface area is 124 Å². The van der Waals surface area contributed by atoms with Gasteiger partial charge in [0.25, 0.3) is 0 Å². The van der Waals surface area contributed by atoms with Crippen LogP contribution in [0.25, 0.3) is 0 Å². The number of ether oxygens (including phenoxy) is 2. The summed E-state index contributed by atoms with van der Waals surface area (Å²) in [6, 6.07) is 7.20. The van der Waals surface area contributed by atoms with Gasteiger partial charge in [-0.1, -0.05) is 23.7 Å². The standard InChI is InChI=1S/C15H19ClO4/c1-10(2)20-15(18)13(17)8-9-14(19-3)11-4-6-12(16)7-5-11/h4-7,10,14H,8-9H2,1-3H3. The molecule has 0 heterocycles. The number of rotatable bonds is 7. The molecule has 0 bridgehead atoms. The topological polar surface area (TPSA) is 52.6 Å². The van der Waals surface area contributed by atoms with Crippen LogP contribution < -0.4 is 0 Å². The average molecular weight is 299 g/mol. The van der Waals surface area contributed by atoms with Crippen LogP contribution in [-0.4, -0.2) is 25.0 Å². The van der Waals surface area contributed by atoms with E-state index < -0.39 is 11.8 Å². The van der Waals surface area contributed by atoms with Crippen molar-refractivity contribution in [3.8, 4) is 0 Å². The monoisotopic (exact) mass is 298 g/mol. The van der Waals surface area contributed by atoms with Crippen LogP contribution in [0.4, 0.5) is 0 Å². The first kappa shape index (κ1) is 16.7. The van der Waals surface area contributed by atoms with Gasteiger partial charge in [0.1, 0.15) is 0 Å². The van der Waals surface area contributed by atoms with Gasteiger partial charge in [-0.2, -0.15) is 0 Å². The third-order valence-electron chi connectivity index (χ3n) is 2.73. The third-order valence-corrected chi connectivity index (χ3v) is 2.98. The number of methoxy groups -OCH3 is 1. The molecule has 1 unspecified atom stereocenters. The third kappa shape index (κ3) is 5.31. The van der Waals surface area contributed by atoms with Gasteiger partial charge < -0.3 is 9.47 Å². The van der Waals surface area contributed by atoms with E-state index in [0.717, 1.165) is 5.56 Å². The van der Waals surface area contributed by atoms with Gasteiger partial charge in [0.2, 0.25) is 5.78 Å². The second kappa shape index (κ2) is 8.02. The fourth-order valence-electron chi connectivity index (χ4n) is 1.74. The molecular formula is C15H19ClO4. The second-order valence-corrected chi connectivity index (χ2v) is 5.13. The van der Waals surface area contributed by atoms with Gasteiger partial charge in [-0.05, 0) is 38.0 Å². The number of ketones is 1. The van der Waals surface area contributed by atoms with Crippen LogP contribution in [0.5, 0.6) is 0 Å². The van der Waals surface area contributed by atoms with Gasteiger partial charge in [-0.3, -0.25) is 4.79 Å². The van der Waals surface area contributed by atoms with E-state index in [2.05, 4.69) is 0 Å². The van der Waals surface area contributed by atoms with Crippen LogP contribution in [0.1, 0.15) is 38.4 Å². The van der Waals surface area contributed by atoms with Crippen LogP contribution in [-0.2, 0) is 19.1 Å². The lowest BCUT2D eigenvalue weighted by atomic mass is 10.0. The summed E-state index contributed by atoms with van der Waals surface area (Å²) in [5.74, 6) is -1.32. The molecule has 1 atom stereocenters. The lowest BCUT2D eigenvalue weighted by molar-refractivity contribution is -0.157. The largest absolute Gasteiger partial charge is 0.457 e. The highest BCUT2D eigenvalue weighted by Gasteiger charge is 2.19. The van der Waals surface area contributed by atoms with Crippen molar-refractivity contribution in [2.24, 2.45) is 0 Å². The Morgan fingerprint density at radius 1 is 1.20 bits per heavy atom. The molecule has 0 aliphatic carbocycles. The Morgan fingerprint density at radius 3 is 2.30 bits per heavy atom. The maximum atomic E-state index is 11.6. The van der Waals surface area contributed by atoms with E-state index >= 15 is 0 Å². The summed E-state index contributed by atoms with van der Waals surface area (Å²) in [7, 11) is 1.57. The Kier molecular flexibility index (Phi) is 6.68. The molecule has 0 spiro atoms. The number of esters is 1. The normalized spacial score (nSPS) is 12.2. The molecule has 1 aromatic carbocycles. The molecule has 20 heavy (non-hydrogen) atoms. The Hall–Kier alpha value is -1.39. The maximum Gasteiger partial charge on any atom is 0.374 e. The number of hydrogen-bond donors (Lipinski definition) is 0. The fraction of sp³-hybridized carbons (Fsp3) is 0.467. The van der Waals surface area contributed by atoms with E-state index in [9.17, 15) is 9.59 Å². The van der Waals surface area contributed by atoms with Crippen molar-refractivity contribution < 1.29 is 19.1 Å². The number of Topliss-reactive ketones (excluding diaryl/α,β-unsaturated/α-hetero) is 1. The molecule has 1 aromatic rings. The summed E-state index contributed by atoms with van der Waals surface area (Å²) in [6.45, 7) is 3.41. The fourth-order valence-corrected chi connectivity index (χ4v) is 1.87. The van der Waals surface area contributed by atoms with Crippen molar-refractivity contribution in [2.45, 2.75) is 38.9 Å². The highest BCUT2D eigenvalue weighted by molar-refractivity contribution is 6.33. The van der Waals surface area contributed by atoms with E-state index in [1.807, 2.05) is 12.1 Å². The summed E-state index contributed by atoms with van der Waals surface area (Å²) in [5.41, 5.74) is 0.918. The first-order chi connectivity index (χ1) is 9.43. The zero-order valence-electron chi connectivity index (χ0n) is 11.9. The molecule has 0 amide bonds.